The van der Waals surface area contributed by atoms with E-state index in [1.54, 1.807) is 6.07 Å². The lowest BCUT2D eigenvalue weighted by Crippen LogP contribution is -1.93. The Morgan fingerprint density at radius 3 is 2.37 bits per heavy atom. The van der Waals surface area contributed by atoms with Crippen LogP contribution in [0, 0.1) is 32.1 Å². The summed E-state index contributed by atoms with van der Waals surface area (Å²) in [5, 5.41) is 8.90. The van der Waals surface area contributed by atoms with E-state index in [2.05, 4.69) is 48.0 Å². The predicted molar refractivity (Wildman–Crippen MR) is 79.6 cm³/mol. The minimum absolute atomic E-state index is 0.602. The third-order valence-electron chi connectivity index (χ3n) is 3.15. The van der Waals surface area contributed by atoms with Crippen LogP contribution in [-0.2, 0) is 0 Å². The molecule has 0 fully saturated rings. The van der Waals surface area contributed by atoms with Gasteiger partial charge in [-0.1, -0.05) is 12.1 Å². The molecule has 0 bridgehead atoms. The molecule has 0 atom stereocenters. The normalized spacial score (nSPS) is 10.1. The van der Waals surface area contributed by atoms with E-state index in [1.807, 2.05) is 19.1 Å². The number of hydrogen-bond acceptors (Lipinski definition) is 2. The van der Waals surface area contributed by atoms with Gasteiger partial charge in [-0.25, -0.2) is 0 Å². The fourth-order valence-corrected chi connectivity index (χ4v) is 2.30. The molecule has 2 rings (SSSR count). The molecule has 19 heavy (non-hydrogen) atoms. The zero-order valence-electron chi connectivity index (χ0n) is 11.1. The molecule has 0 N–H and O–H groups in total. The Labute approximate surface area is 121 Å². The van der Waals surface area contributed by atoms with Gasteiger partial charge in [-0.05, 0) is 71.6 Å². The Kier molecular flexibility index (Phi) is 3.92. The number of nitriles is 1. The van der Waals surface area contributed by atoms with Gasteiger partial charge in [0.25, 0.3) is 0 Å². The summed E-state index contributed by atoms with van der Waals surface area (Å²) in [5.74, 6) is 1.61. The van der Waals surface area contributed by atoms with Crippen LogP contribution in [0.3, 0.4) is 0 Å². The van der Waals surface area contributed by atoms with E-state index in [0.29, 0.717) is 5.56 Å². The third-order valence-corrected chi connectivity index (χ3v) is 3.81. The molecule has 3 heteroatoms. The van der Waals surface area contributed by atoms with Gasteiger partial charge in [0.2, 0.25) is 0 Å². The molecule has 0 saturated heterocycles. The van der Waals surface area contributed by atoms with Gasteiger partial charge in [-0.3, -0.25) is 0 Å². The highest BCUT2D eigenvalue weighted by molar-refractivity contribution is 9.10. The molecule has 2 nitrogen and oxygen atoms in total. The highest BCUT2D eigenvalue weighted by atomic mass is 79.9. The van der Waals surface area contributed by atoms with Crippen molar-refractivity contribution in [2.24, 2.45) is 0 Å². The van der Waals surface area contributed by atoms with E-state index < -0.39 is 0 Å². The zero-order valence-corrected chi connectivity index (χ0v) is 12.7. The molecule has 0 spiro atoms. The molecule has 0 aliphatic heterocycles. The van der Waals surface area contributed by atoms with Crippen LogP contribution in [0.4, 0.5) is 0 Å². The average Bonchev–Trinajstić information content (AvgIpc) is 2.39. The van der Waals surface area contributed by atoms with Crippen molar-refractivity contribution in [3.05, 3.63) is 57.1 Å². The van der Waals surface area contributed by atoms with Crippen LogP contribution in [0.1, 0.15) is 22.3 Å². The summed E-state index contributed by atoms with van der Waals surface area (Å²) < 4.78 is 6.71. The highest BCUT2D eigenvalue weighted by Crippen LogP contribution is 2.32. The van der Waals surface area contributed by atoms with Crippen LogP contribution in [0.15, 0.2) is 34.8 Å². The molecule has 2 aromatic carbocycles. The lowest BCUT2D eigenvalue weighted by atomic mass is 10.1. The molecule has 0 saturated carbocycles. The quantitative estimate of drug-likeness (QED) is 0.778. The number of rotatable bonds is 2. The van der Waals surface area contributed by atoms with Crippen LogP contribution < -0.4 is 4.74 Å². The van der Waals surface area contributed by atoms with E-state index in [1.165, 1.54) is 5.56 Å². The molecule has 0 unspecified atom stereocenters. The summed E-state index contributed by atoms with van der Waals surface area (Å²) in [5.41, 5.74) is 4.04. The molecule has 96 valence electrons. The highest BCUT2D eigenvalue weighted by Gasteiger charge is 2.09. The van der Waals surface area contributed by atoms with Crippen molar-refractivity contribution >= 4 is 15.9 Å². The molecular weight excluding hydrogens is 302 g/mol. The topological polar surface area (TPSA) is 33.0 Å². The number of benzene rings is 2. The lowest BCUT2D eigenvalue weighted by molar-refractivity contribution is 0.474. The predicted octanol–water partition coefficient (Wildman–Crippen LogP) is 5.04. The van der Waals surface area contributed by atoms with Gasteiger partial charge in [0, 0.05) is 4.47 Å². The van der Waals surface area contributed by atoms with Crippen LogP contribution >= 0.6 is 15.9 Å². The summed E-state index contributed by atoms with van der Waals surface area (Å²) in [4.78, 5) is 0. The Morgan fingerprint density at radius 2 is 1.74 bits per heavy atom. The van der Waals surface area contributed by atoms with Crippen molar-refractivity contribution in [3.63, 3.8) is 0 Å². The van der Waals surface area contributed by atoms with Gasteiger partial charge in [0.15, 0.2) is 0 Å². The van der Waals surface area contributed by atoms with Crippen molar-refractivity contribution in [1.29, 1.82) is 5.26 Å². The number of hydrogen-bond donors (Lipinski definition) is 0. The fraction of sp³-hybridized carbons (Fsp3) is 0.188. The van der Waals surface area contributed by atoms with E-state index >= 15 is 0 Å². The summed E-state index contributed by atoms with van der Waals surface area (Å²) in [6, 6.07) is 11.6. The van der Waals surface area contributed by atoms with E-state index in [0.717, 1.165) is 27.1 Å². The summed E-state index contributed by atoms with van der Waals surface area (Å²) in [7, 11) is 0. The second-order valence-electron chi connectivity index (χ2n) is 4.51. The maximum absolute atomic E-state index is 8.90. The number of aryl methyl sites for hydroxylation is 2. The lowest BCUT2D eigenvalue weighted by Gasteiger charge is -2.14. The van der Waals surface area contributed by atoms with Crippen molar-refractivity contribution < 1.29 is 4.74 Å². The van der Waals surface area contributed by atoms with Gasteiger partial charge in [0.05, 0.1) is 5.56 Å². The first-order valence-electron chi connectivity index (χ1n) is 5.97. The number of halogens is 1. The molecule has 0 heterocycles. The monoisotopic (exact) mass is 315 g/mol. The summed E-state index contributed by atoms with van der Waals surface area (Å²) in [6.45, 7) is 6.15. The smallest absolute Gasteiger partial charge is 0.133 e. The fourth-order valence-electron chi connectivity index (χ4n) is 1.85. The van der Waals surface area contributed by atoms with E-state index in [-0.39, 0.29) is 0 Å². The molecule has 0 radical (unpaired) electrons. The maximum atomic E-state index is 8.90. The standard InChI is InChI=1S/C16H14BrNO/c1-10-4-5-11(2)16(12(10)3)19-14-7-6-13(9-18)15(17)8-14/h4-8H,1-3H3. The zero-order chi connectivity index (χ0) is 14.0. The largest absolute Gasteiger partial charge is 0.457 e. The SMILES string of the molecule is Cc1ccc(C)c(Oc2ccc(C#N)c(Br)c2)c1C. The minimum atomic E-state index is 0.602. The number of nitrogens with zero attached hydrogens (tertiary/aromatic N) is 1. The molecule has 2 aromatic rings. The maximum Gasteiger partial charge on any atom is 0.133 e. The molecule has 0 amide bonds. The Bertz CT molecular complexity index is 671. The molecule has 0 aromatic heterocycles. The summed E-state index contributed by atoms with van der Waals surface area (Å²) in [6.07, 6.45) is 0. The average molecular weight is 316 g/mol. The van der Waals surface area contributed by atoms with Gasteiger partial charge in [-0.15, -0.1) is 0 Å². The number of ether oxygens (including phenoxy) is 1. The van der Waals surface area contributed by atoms with Crippen molar-refractivity contribution in [2.45, 2.75) is 20.8 Å². The Balaban J connectivity index is 2.40. The van der Waals surface area contributed by atoms with Crippen molar-refractivity contribution in [1.82, 2.24) is 0 Å². The second kappa shape index (κ2) is 5.46. The summed E-state index contributed by atoms with van der Waals surface area (Å²) >= 11 is 3.37. The first-order valence-corrected chi connectivity index (χ1v) is 6.76. The molecule has 0 aliphatic carbocycles. The van der Waals surface area contributed by atoms with Gasteiger partial charge >= 0.3 is 0 Å². The van der Waals surface area contributed by atoms with E-state index in [4.69, 9.17) is 10.00 Å². The van der Waals surface area contributed by atoms with Crippen LogP contribution in [0.25, 0.3) is 0 Å². The molecule has 0 aliphatic rings. The minimum Gasteiger partial charge on any atom is -0.457 e. The molecular formula is C16H14BrNO. The van der Waals surface area contributed by atoms with Gasteiger partial charge < -0.3 is 4.74 Å². The third kappa shape index (κ3) is 2.80. The van der Waals surface area contributed by atoms with Gasteiger partial charge in [0.1, 0.15) is 17.6 Å². The Hall–Kier alpha value is -1.79. The van der Waals surface area contributed by atoms with E-state index in [9.17, 15) is 0 Å². The van der Waals surface area contributed by atoms with Crippen molar-refractivity contribution in [2.75, 3.05) is 0 Å². The van der Waals surface area contributed by atoms with Gasteiger partial charge in [-0.2, -0.15) is 5.26 Å². The van der Waals surface area contributed by atoms with Crippen LogP contribution in [0.2, 0.25) is 0 Å². The first-order chi connectivity index (χ1) is 9.02. The second-order valence-corrected chi connectivity index (χ2v) is 5.36. The Morgan fingerprint density at radius 1 is 1.05 bits per heavy atom. The first kappa shape index (κ1) is 13.6. The van der Waals surface area contributed by atoms with Crippen LogP contribution in [-0.4, -0.2) is 0 Å². The van der Waals surface area contributed by atoms with Crippen LogP contribution in [0.5, 0.6) is 11.5 Å². The van der Waals surface area contributed by atoms with Crippen molar-refractivity contribution in [3.8, 4) is 17.6 Å².